The monoisotopic (exact) mass is 321 g/mol. The number of aliphatic carboxylic acids is 1. The predicted octanol–water partition coefficient (Wildman–Crippen LogP) is 2.83. The maximum absolute atomic E-state index is 11.2. The van der Waals surface area contributed by atoms with E-state index >= 15 is 0 Å². The van der Waals surface area contributed by atoms with Crippen molar-refractivity contribution in [3.8, 4) is 11.4 Å². The summed E-state index contributed by atoms with van der Waals surface area (Å²) in [4.78, 5) is 17.4. The van der Waals surface area contributed by atoms with Crippen molar-refractivity contribution in [2.45, 2.75) is 38.4 Å². The van der Waals surface area contributed by atoms with Crippen molar-refractivity contribution in [3.05, 3.63) is 35.2 Å². The lowest BCUT2D eigenvalue weighted by Gasteiger charge is -2.23. The largest absolute Gasteiger partial charge is 0.480 e. The second kappa shape index (κ2) is 6.06. The van der Waals surface area contributed by atoms with Gasteiger partial charge in [-0.3, -0.25) is 9.69 Å². The molecule has 1 aromatic heterocycles. The van der Waals surface area contributed by atoms with Crippen molar-refractivity contribution in [1.29, 1.82) is 0 Å². The van der Waals surface area contributed by atoms with Gasteiger partial charge >= 0.3 is 5.97 Å². The first-order valence-corrected chi connectivity index (χ1v) is 7.49. The zero-order valence-electron chi connectivity index (χ0n) is 12.1. The van der Waals surface area contributed by atoms with E-state index < -0.39 is 12.0 Å². The van der Waals surface area contributed by atoms with E-state index in [9.17, 15) is 9.90 Å². The summed E-state index contributed by atoms with van der Waals surface area (Å²) in [5.41, 5.74) is 0.809. The standard InChI is InChI=1S/C15H16ClN3O3/c1-9(15(20)21)19(12-6-7-12)8-13-17-14(18-22-13)10-2-4-11(16)5-3-10/h2-5,9,12H,6-8H2,1H3,(H,20,21). The van der Waals surface area contributed by atoms with Gasteiger partial charge in [-0.2, -0.15) is 4.98 Å². The minimum Gasteiger partial charge on any atom is -0.480 e. The fourth-order valence-corrected chi connectivity index (χ4v) is 2.45. The Morgan fingerprint density at radius 3 is 2.73 bits per heavy atom. The Labute approximate surface area is 132 Å². The number of benzene rings is 1. The van der Waals surface area contributed by atoms with Crippen LogP contribution >= 0.6 is 11.6 Å². The Kier molecular flexibility index (Phi) is 4.13. The molecule has 1 fully saturated rings. The van der Waals surface area contributed by atoms with Crippen molar-refractivity contribution >= 4 is 17.6 Å². The van der Waals surface area contributed by atoms with Crippen LogP contribution in [0, 0.1) is 0 Å². The molecule has 1 N–H and O–H groups in total. The zero-order chi connectivity index (χ0) is 15.7. The van der Waals surface area contributed by atoms with Crippen molar-refractivity contribution in [1.82, 2.24) is 15.0 Å². The maximum atomic E-state index is 11.2. The van der Waals surface area contributed by atoms with Crippen LogP contribution in [0.1, 0.15) is 25.7 Å². The van der Waals surface area contributed by atoms with Gasteiger partial charge in [-0.25, -0.2) is 0 Å². The lowest BCUT2D eigenvalue weighted by Crippen LogP contribution is -2.40. The number of hydrogen-bond acceptors (Lipinski definition) is 5. The van der Waals surface area contributed by atoms with Gasteiger partial charge in [0.25, 0.3) is 0 Å². The van der Waals surface area contributed by atoms with E-state index in [1.54, 1.807) is 19.1 Å². The fraction of sp³-hybridized carbons (Fsp3) is 0.400. The third-order valence-corrected chi connectivity index (χ3v) is 4.01. The third-order valence-electron chi connectivity index (χ3n) is 3.76. The molecular weight excluding hydrogens is 306 g/mol. The van der Waals surface area contributed by atoms with E-state index in [1.807, 2.05) is 17.0 Å². The van der Waals surface area contributed by atoms with Crippen molar-refractivity contribution in [2.24, 2.45) is 0 Å². The van der Waals surface area contributed by atoms with Crippen LogP contribution in [0.5, 0.6) is 0 Å². The molecule has 0 saturated heterocycles. The quantitative estimate of drug-likeness (QED) is 0.881. The molecular formula is C15H16ClN3O3. The highest BCUT2D eigenvalue weighted by molar-refractivity contribution is 6.30. The molecule has 0 aliphatic heterocycles. The summed E-state index contributed by atoms with van der Waals surface area (Å²) in [7, 11) is 0. The van der Waals surface area contributed by atoms with Gasteiger partial charge in [-0.05, 0) is 44.0 Å². The fourth-order valence-electron chi connectivity index (χ4n) is 2.32. The Morgan fingerprint density at radius 2 is 2.14 bits per heavy atom. The second-order valence-electron chi connectivity index (χ2n) is 5.44. The summed E-state index contributed by atoms with van der Waals surface area (Å²) in [6.07, 6.45) is 2.02. The normalized spacial score (nSPS) is 16.0. The van der Waals surface area contributed by atoms with Crippen LogP contribution in [0.3, 0.4) is 0 Å². The Hall–Kier alpha value is -1.92. The SMILES string of the molecule is CC(C(=O)O)N(Cc1nc(-c2ccc(Cl)cc2)no1)C1CC1. The molecule has 0 spiro atoms. The molecule has 1 aromatic carbocycles. The molecule has 116 valence electrons. The summed E-state index contributed by atoms with van der Waals surface area (Å²) < 4.78 is 5.26. The van der Waals surface area contributed by atoms with Crippen LogP contribution in [0.2, 0.25) is 5.02 Å². The van der Waals surface area contributed by atoms with Gasteiger partial charge in [0.1, 0.15) is 6.04 Å². The predicted molar refractivity (Wildman–Crippen MR) is 80.4 cm³/mol. The maximum Gasteiger partial charge on any atom is 0.320 e. The Bertz CT molecular complexity index is 667. The lowest BCUT2D eigenvalue weighted by atomic mass is 10.2. The van der Waals surface area contributed by atoms with Crippen LogP contribution in [0.25, 0.3) is 11.4 Å². The number of hydrogen-bond donors (Lipinski definition) is 1. The smallest absolute Gasteiger partial charge is 0.320 e. The average Bonchev–Trinajstić information content (AvgIpc) is 3.24. The second-order valence-corrected chi connectivity index (χ2v) is 5.87. The van der Waals surface area contributed by atoms with Gasteiger partial charge in [0, 0.05) is 16.6 Å². The number of aromatic nitrogens is 2. The summed E-state index contributed by atoms with van der Waals surface area (Å²) in [6, 6.07) is 6.87. The van der Waals surface area contributed by atoms with E-state index in [-0.39, 0.29) is 6.04 Å². The molecule has 22 heavy (non-hydrogen) atoms. The van der Waals surface area contributed by atoms with Gasteiger partial charge in [-0.1, -0.05) is 16.8 Å². The summed E-state index contributed by atoms with van der Waals surface area (Å²) >= 11 is 5.85. The molecule has 1 aliphatic carbocycles. The van der Waals surface area contributed by atoms with E-state index in [0.29, 0.717) is 23.3 Å². The highest BCUT2D eigenvalue weighted by atomic mass is 35.5. The van der Waals surface area contributed by atoms with Gasteiger partial charge in [0.2, 0.25) is 11.7 Å². The first-order chi connectivity index (χ1) is 10.5. The highest BCUT2D eigenvalue weighted by Gasteiger charge is 2.36. The number of rotatable bonds is 6. The van der Waals surface area contributed by atoms with Crippen LogP contribution in [0.4, 0.5) is 0 Å². The van der Waals surface area contributed by atoms with Gasteiger partial charge < -0.3 is 9.63 Å². The number of carbonyl (C=O) groups is 1. The molecule has 6 nitrogen and oxygen atoms in total. The first kappa shape index (κ1) is 15.0. The molecule has 1 unspecified atom stereocenters. The highest BCUT2D eigenvalue weighted by Crippen LogP contribution is 2.30. The zero-order valence-corrected chi connectivity index (χ0v) is 12.8. The summed E-state index contributed by atoms with van der Waals surface area (Å²) in [6.45, 7) is 2.02. The molecule has 0 bridgehead atoms. The van der Waals surface area contributed by atoms with Gasteiger partial charge in [0.15, 0.2) is 0 Å². The first-order valence-electron chi connectivity index (χ1n) is 7.11. The number of carboxylic acid groups (broad SMARTS) is 1. The minimum absolute atomic E-state index is 0.289. The van der Waals surface area contributed by atoms with E-state index in [0.717, 1.165) is 18.4 Å². The Morgan fingerprint density at radius 1 is 1.45 bits per heavy atom. The number of nitrogens with zero attached hydrogens (tertiary/aromatic N) is 3. The molecule has 1 aliphatic rings. The van der Waals surface area contributed by atoms with Crippen LogP contribution in [-0.4, -0.2) is 38.2 Å². The van der Waals surface area contributed by atoms with Crippen LogP contribution < -0.4 is 0 Å². The number of carboxylic acids is 1. The third kappa shape index (κ3) is 3.28. The lowest BCUT2D eigenvalue weighted by molar-refractivity contribution is -0.143. The molecule has 3 rings (SSSR count). The van der Waals surface area contributed by atoms with Crippen LogP contribution in [-0.2, 0) is 11.3 Å². The molecule has 7 heteroatoms. The van der Waals surface area contributed by atoms with Gasteiger partial charge in [0.05, 0.1) is 6.54 Å². The van der Waals surface area contributed by atoms with Crippen molar-refractivity contribution in [2.75, 3.05) is 0 Å². The van der Waals surface area contributed by atoms with Gasteiger partial charge in [-0.15, -0.1) is 0 Å². The molecule has 1 saturated carbocycles. The summed E-state index contributed by atoms with van der Waals surface area (Å²) in [5.74, 6) is 0.0553. The van der Waals surface area contributed by atoms with E-state index in [2.05, 4.69) is 10.1 Å². The number of halogens is 1. The molecule has 1 heterocycles. The van der Waals surface area contributed by atoms with Crippen molar-refractivity contribution < 1.29 is 14.4 Å². The van der Waals surface area contributed by atoms with Crippen LogP contribution in [0.15, 0.2) is 28.8 Å². The van der Waals surface area contributed by atoms with E-state index in [4.69, 9.17) is 16.1 Å². The molecule has 1 atom stereocenters. The summed E-state index contributed by atoms with van der Waals surface area (Å²) in [5, 5.41) is 13.8. The average molecular weight is 322 g/mol. The topological polar surface area (TPSA) is 79.5 Å². The Balaban J connectivity index is 1.75. The molecule has 2 aromatic rings. The van der Waals surface area contributed by atoms with Crippen molar-refractivity contribution in [3.63, 3.8) is 0 Å². The minimum atomic E-state index is -0.843. The molecule has 0 radical (unpaired) electrons. The molecule has 0 amide bonds. The van der Waals surface area contributed by atoms with E-state index in [1.165, 1.54) is 0 Å².